The van der Waals surface area contributed by atoms with Crippen LogP contribution in [0, 0.1) is 0 Å². The van der Waals surface area contributed by atoms with Gasteiger partial charge in [-0.25, -0.2) is 9.78 Å². The molecule has 1 amide bonds. The quantitative estimate of drug-likeness (QED) is 0.448. The van der Waals surface area contributed by atoms with Gasteiger partial charge in [0.15, 0.2) is 5.82 Å². The summed E-state index contributed by atoms with van der Waals surface area (Å²) in [6.07, 6.45) is 0.326. The van der Waals surface area contributed by atoms with Gasteiger partial charge in [0.05, 0.1) is 19.4 Å². The monoisotopic (exact) mass is 418 g/mol. The van der Waals surface area contributed by atoms with Crippen molar-refractivity contribution in [1.29, 1.82) is 0 Å². The Balaban J connectivity index is 1.59. The number of carboxylic acid groups (broad SMARTS) is 1. The number of benzene rings is 2. The van der Waals surface area contributed by atoms with E-state index in [1.165, 1.54) is 6.20 Å². The molecule has 0 radical (unpaired) electrons. The molecule has 1 heterocycles. The summed E-state index contributed by atoms with van der Waals surface area (Å²) >= 11 is 11.9. The number of amides is 1. The molecule has 0 bridgehead atoms. The van der Waals surface area contributed by atoms with Gasteiger partial charge in [0.1, 0.15) is 5.02 Å². The predicted octanol–water partition coefficient (Wildman–Crippen LogP) is 5.33. The molecule has 0 atom stereocenters. The maximum atomic E-state index is 10.7. The lowest BCUT2D eigenvalue weighted by atomic mass is 10.2. The summed E-state index contributed by atoms with van der Waals surface area (Å²) in [5.41, 5.74) is 3.09. The van der Waals surface area contributed by atoms with Crippen LogP contribution in [0.4, 0.5) is 22.0 Å². The second-order valence-corrected chi connectivity index (χ2v) is 6.53. The van der Waals surface area contributed by atoms with Crippen molar-refractivity contribution in [2.24, 2.45) is 0 Å². The smallest absolute Gasteiger partial charge is 0.409 e. The number of hydrogen-bond acceptors (Lipinski definition) is 5. The molecule has 0 aliphatic rings. The number of nitrogens with one attached hydrogen (secondary N) is 2. The van der Waals surface area contributed by atoms with Crippen molar-refractivity contribution in [3.05, 3.63) is 76.2 Å². The Hall–Kier alpha value is -2.87. The highest BCUT2D eigenvalue weighted by Crippen LogP contribution is 2.24. The van der Waals surface area contributed by atoms with Crippen molar-refractivity contribution in [2.45, 2.75) is 13.2 Å². The zero-order valence-corrected chi connectivity index (χ0v) is 16.0. The first kappa shape index (κ1) is 19.9. The van der Waals surface area contributed by atoms with E-state index in [1.54, 1.807) is 18.2 Å². The molecule has 3 aromatic rings. The third kappa shape index (κ3) is 5.82. The first-order valence-corrected chi connectivity index (χ1v) is 8.96. The number of hydrogen-bond donors (Lipinski definition) is 3. The summed E-state index contributed by atoms with van der Waals surface area (Å²) in [6, 6.07) is 14.6. The van der Waals surface area contributed by atoms with Crippen LogP contribution < -0.4 is 10.6 Å². The highest BCUT2D eigenvalue weighted by Gasteiger charge is 2.06. The van der Waals surface area contributed by atoms with Crippen molar-refractivity contribution in [2.75, 3.05) is 10.6 Å². The summed E-state index contributed by atoms with van der Waals surface area (Å²) in [4.78, 5) is 18.6. The molecule has 0 unspecified atom stereocenters. The van der Waals surface area contributed by atoms with E-state index in [4.69, 9.17) is 33.0 Å². The van der Waals surface area contributed by atoms with Crippen LogP contribution in [0.3, 0.4) is 0 Å². The van der Waals surface area contributed by atoms with E-state index < -0.39 is 6.09 Å². The second-order valence-electron chi connectivity index (χ2n) is 5.78. The minimum Gasteiger partial charge on any atom is -0.465 e. The fourth-order valence-electron chi connectivity index (χ4n) is 2.46. The predicted molar refractivity (Wildman–Crippen MR) is 108 cm³/mol. The first-order chi connectivity index (χ1) is 13.5. The Labute approximate surface area is 171 Å². The lowest BCUT2D eigenvalue weighted by Gasteiger charge is -2.10. The van der Waals surface area contributed by atoms with Gasteiger partial charge in [0.2, 0.25) is 5.28 Å². The van der Waals surface area contributed by atoms with Crippen molar-refractivity contribution in [3.63, 3.8) is 0 Å². The first-order valence-electron chi connectivity index (χ1n) is 8.20. The van der Waals surface area contributed by atoms with Gasteiger partial charge < -0.3 is 15.2 Å². The summed E-state index contributed by atoms with van der Waals surface area (Å²) < 4.78 is 5.74. The number of halogens is 2. The molecule has 9 heteroatoms. The van der Waals surface area contributed by atoms with E-state index >= 15 is 0 Å². The topological polar surface area (TPSA) is 96.4 Å². The minimum atomic E-state index is -1.10. The lowest BCUT2D eigenvalue weighted by molar-refractivity contribution is 0.107. The van der Waals surface area contributed by atoms with Crippen LogP contribution in [-0.4, -0.2) is 21.2 Å². The van der Waals surface area contributed by atoms with Crippen LogP contribution in [0.15, 0.2) is 54.7 Å². The average molecular weight is 419 g/mol. The Kier molecular flexibility index (Phi) is 6.65. The van der Waals surface area contributed by atoms with Crippen LogP contribution >= 0.6 is 23.2 Å². The highest BCUT2D eigenvalue weighted by atomic mass is 35.5. The van der Waals surface area contributed by atoms with Gasteiger partial charge in [0.25, 0.3) is 0 Å². The van der Waals surface area contributed by atoms with E-state index in [0.717, 1.165) is 16.8 Å². The summed E-state index contributed by atoms with van der Waals surface area (Å²) in [5, 5.41) is 14.7. The third-order valence-corrected chi connectivity index (χ3v) is 4.08. The summed E-state index contributed by atoms with van der Waals surface area (Å²) in [5.74, 6) is 0.419. The average Bonchev–Trinajstić information content (AvgIpc) is 2.65. The maximum absolute atomic E-state index is 10.7. The molecule has 144 valence electrons. The molecule has 0 aliphatic heterocycles. The Morgan fingerprint density at radius 2 is 1.68 bits per heavy atom. The number of nitrogens with zero attached hydrogens (tertiary/aromatic N) is 2. The normalized spacial score (nSPS) is 10.5. The molecular weight excluding hydrogens is 403 g/mol. The van der Waals surface area contributed by atoms with Gasteiger partial charge in [0, 0.05) is 11.4 Å². The lowest BCUT2D eigenvalue weighted by Crippen LogP contribution is -2.07. The molecular formula is C19H16Cl2N4O3. The van der Waals surface area contributed by atoms with Crippen LogP contribution in [0.1, 0.15) is 11.1 Å². The molecule has 28 heavy (non-hydrogen) atoms. The van der Waals surface area contributed by atoms with E-state index in [-0.39, 0.29) is 5.28 Å². The number of rotatable bonds is 7. The fraction of sp³-hybridized carbons (Fsp3) is 0.105. The Morgan fingerprint density at radius 3 is 2.36 bits per heavy atom. The van der Waals surface area contributed by atoms with Crippen molar-refractivity contribution in [3.8, 4) is 0 Å². The zero-order chi connectivity index (χ0) is 19.9. The Bertz CT molecular complexity index is 985. The van der Waals surface area contributed by atoms with Crippen molar-refractivity contribution >= 4 is 46.5 Å². The standard InChI is InChI=1S/C19H16Cl2N4O3/c20-16-9-22-18(21)25-17(16)23-14-5-1-3-12(7-14)10-28-11-13-4-2-6-15(8-13)24-19(26)27/h1-9,24H,10-11H2,(H,26,27)(H,22,23,25). The molecule has 3 N–H and O–H groups in total. The van der Waals surface area contributed by atoms with Crippen LogP contribution in [-0.2, 0) is 18.0 Å². The van der Waals surface area contributed by atoms with Gasteiger partial charge in [-0.2, -0.15) is 4.98 Å². The van der Waals surface area contributed by atoms with Crippen LogP contribution in [0.2, 0.25) is 10.3 Å². The van der Waals surface area contributed by atoms with Gasteiger partial charge in [-0.05, 0) is 47.0 Å². The Morgan fingerprint density at radius 1 is 1.04 bits per heavy atom. The van der Waals surface area contributed by atoms with Crippen molar-refractivity contribution in [1.82, 2.24) is 9.97 Å². The number of carbonyl (C=O) groups is 1. The van der Waals surface area contributed by atoms with Crippen LogP contribution in [0.5, 0.6) is 0 Å². The molecule has 0 saturated carbocycles. The van der Waals surface area contributed by atoms with Crippen molar-refractivity contribution < 1.29 is 14.6 Å². The van der Waals surface area contributed by atoms with Crippen LogP contribution in [0.25, 0.3) is 0 Å². The largest absolute Gasteiger partial charge is 0.465 e. The molecule has 0 fully saturated rings. The van der Waals surface area contributed by atoms with Gasteiger partial charge in [-0.3, -0.25) is 5.32 Å². The third-order valence-electron chi connectivity index (χ3n) is 3.62. The number of ether oxygens (including phenoxy) is 1. The molecule has 1 aromatic heterocycles. The molecule has 0 aliphatic carbocycles. The molecule has 2 aromatic carbocycles. The fourth-order valence-corrected chi connectivity index (χ4v) is 2.73. The second kappa shape index (κ2) is 9.36. The maximum Gasteiger partial charge on any atom is 0.409 e. The number of anilines is 3. The van der Waals surface area contributed by atoms with E-state index in [9.17, 15) is 4.79 Å². The number of aromatic nitrogens is 2. The highest BCUT2D eigenvalue weighted by molar-refractivity contribution is 6.33. The van der Waals surface area contributed by atoms with Gasteiger partial charge in [-0.1, -0.05) is 35.9 Å². The summed E-state index contributed by atoms with van der Waals surface area (Å²) in [6.45, 7) is 0.727. The molecule has 3 rings (SSSR count). The molecule has 0 spiro atoms. The van der Waals surface area contributed by atoms with E-state index in [0.29, 0.717) is 29.7 Å². The molecule has 7 nitrogen and oxygen atoms in total. The van der Waals surface area contributed by atoms with Gasteiger partial charge >= 0.3 is 6.09 Å². The molecule has 0 saturated heterocycles. The minimum absolute atomic E-state index is 0.103. The zero-order valence-electron chi connectivity index (χ0n) is 14.5. The van der Waals surface area contributed by atoms with Gasteiger partial charge in [-0.15, -0.1) is 0 Å². The SMILES string of the molecule is O=C(O)Nc1cccc(COCc2cccc(Nc3nc(Cl)ncc3Cl)c2)c1. The van der Waals surface area contributed by atoms with E-state index in [2.05, 4.69) is 20.6 Å². The summed E-state index contributed by atoms with van der Waals surface area (Å²) in [7, 11) is 0. The van der Waals surface area contributed by atoms with E-state index in [1.807, 2.05) is 30.3 Å².